The van der Waals surface area contributed by atoms with Gasteiger partial charge in [-0.2, -0.15) is 0 Å². The van der Waals surface area contributed by atoms with Crippen LogP contribution in [-0.2, 0) is 0 Å². The Hall–Kier alpha value is -2.21. The van der Waals surface area contributed by atoms with E-state index in [-0.39, 0.29) is 17.0 Å². The van der Waals surface area contributed by atoms with Crippen molar-refractivity contribution in [1.29, 1.82) is 0 Å². The summed E-state index contributed by atoms with van der Waals surface area (Å²) < 4.78 is 11.3. The Bertz CT molecular complexity index is 673. The Balaban J connectivity index is 0.00000364. The number of rotatable bonds is 10. The van der Waals surface area contributed by atoms with Crippen molar-refractivity contribution >= 4 is 34.3 Å². The number of nitrogens with one attached hydrogen (secondary N) is 1. The van der Waals surface area contributed by atoms with Gasteiger partial charge in [-0.3, -0.25) is 0 Å². The first-order valence-electron chi connectivity index (χ1n) is 9.28. The highest BCUT2D eigenvalue weighted by atomic mass is 79.9. The molecule has 0 fully saturated rings. The fourth-order valence-corrected chi connectivity index (χ4v) is 2.24. The zero-order valence-electron chi connectivity index (χ0n) is 16.1. The molecule has 0 aliphatic rings. The van der Waals surface area contributed by atoms with Crippen LogP contribution in [0.25, 0.3) is 0 Å². The molecule has 2 aromatic rings. The highest BCUT2D eigenvalue weighted by molar-refractivity contribution is 8.93. The molecule has 3 N–H and O–H groups in total. The number of guanidine groups is 1. The number of nitrogens with two attached hydrogens (primary N) is 1. The summed E-state index contributed by atoms with van der Waals surface area (Å²) in [5, 5.41) is 3.08. The van der Waals surface area contributed by atoms with Crippen LogP contribution in [0.15, 0.2) is 53.5 Å². The topological polar surface area (TPSA) is 68.9 Å². The third kappa shape index (κ3) is 8.82. The summed E-state index contributed by atoms with van der Waals surface area (Å²) in [7, 11) is 0. The molecule has 0 aromatic heterocycles. The number of benzene rings is 2. The number of unbranched alkanes of at least 4 members (excludes halogenated alkanes) is 2. The quantitative estimate of drug-likeness (QED) is 0.286. The molecule has 6 heteroatoms. The van der Waals surface area contributed by atoms with E-state index in [2.05, 4.69) is 24.2 Å². The molecule has 2 aromatic carbocycles. The summed E-state index contributed by atoms with van der Waals surface area (Å²) in [5.74, 6) is 2.05. The Morgan fingerprint density at radius 3 is 1.81 bits per heavy atom. The molecule has 0 radical (unpaired) electrons. The monoisotopic (exact) mass is 435 g/mol. The van der Waals surface area contributed by atoms with E-state index in [1.54, 1.807) is 0 Å². The third-order valence-electron chi connectivity index (χ3n) is 3.75. The Morgan fingerprint density at radius 1 is 0.852 bits per heavy atom. The summed E-state index contributed by atoms with van der Waals surface area (Å²) in [5.41, 5.74) is 7.63. The molecule has 27 heavy (non-hydrogen) atoms. The predicted molar refractivity (Wildman–Crippen MR) is 119 cm³/mol. The van der Waals surface area contributed by atoms with Crippen molar-refractivity contribution in [2.75, 3.05) is 18.5 Å². The van der Waals surface area contributed by atoms with Gasteiger partial charge in [-0.1, -0.05) is 26.7 Å². The molecule has 0 spiro atoms. The van der Waals surface area contributed by atoms with Gasteiger partial charge in [0.15, 0.2) is 5.96 Å². The van der Waals surface area contributed by atoms with Crippen LogP contribution in [0.1, 0.15) is 39.5 Å². The summed E-state index contributed by atoms with van der Waals surface area (Å²) in [4.78, 5) is 4.37. The molecule has 0 saturated heterocycles. The first-order valence-corrected chi connectivity index (χ1v) is 9.28. The Morgan fingerprint density at radius 2 is 1.33 bits per heavy atom. The van der Waals surface area contributed by atoms with Gasteiger partial charge in [-0.05, 0) is 61.4 Å². The van der Waals surface area contributed by atoms with Crippen LogP contribution in [0, 0.1) is 0 Å². The van der Waals surface area contributed by atoms with E-state index >= 15 is 0 Å². The lowest BCUT2D eigenvalue weighted by Crippen LogP contribution is -2.21. The number of hydrogen-bond acceptors (Lipinski definition) is 3. The number of halogens is 1. The molecule has 0 amide bonds. The average Bonchev–Trinajstić information content (AvgIpc) is 2.65. The van der Waals surface area contributed by atoms with Gasteiger partial charge in [0.05, 0.1) is 18.9 Å². The molecular formula is C21H30BrN3O2. The maximum atomic E-state index is 5.99. The Labute approximate surface area is 172 Å². The molecule has 0 atom stereocenters. The molecule has 2 rings (SSSR count). The summed E-state index contributed by atoms with van der Waals surface area (Å²) in [6.45, 7) is 5.77. The molecule has 148 valence electrons. The highest BCUT2D eigenvalue weighted by Gasteiger charge is 1.99. The normalized spacial score (nSPS) is 10.8. The largest absolute Gasteiger partial charge is 0.494 e. The van der Waals surface area contributed by atoms with Crippen LogP contribution in [0.5, 0.6) is 11.5 Å². The first-order chi connectivity index (χ1) is 12.7. The molecule has 5 nitrogen and oxygen atoms in total. The molecule has 0 aliphatic heterocycles. The van der Waals surface area contributed by atoms with Crippen LogP contribution < -0.4 is 20.5 Å². The van der Waals surface area contributed by atoms with Crippen molar-refractivity contribution in [3.8, 4) is 11.5 Å². The molecule has 0 unspecified atom stereocenters. The summed E-state index contributed by atoms with van der Waals surface area (Å²) in [6, 6.07) is 15.3. The lowest BCUT2D eigenvalue weighted by atomic mass is 10.3. The molecule has 0 saturated carbocycles. The number of nitrogens with zero attached hydrogens (tertiary/aromatic N) is 1. The minimum Gasteiger partial charge on any atom is -0.494 e. The van der Waals surface area contributed by atoms with Crippen LogP contribution in [0.2, 0.25) is 0 Å². The molecule has 0 bridgehead atoms. The maximum Gasteiger partial charge on any atom is 0.198 e. The van der Waals surface area contributed by atoms with Crippen molar-refractivity contribution in [3.05, 3.63) is 48.5 Å². The van der Waals surface area contributed by atoms with Gasteiger partial charge >= 0.3 is 0 Å². The van der Waals surface area contributed by atoms with Gasteiger partial charge in [0, 0.05) is 5.69 Å². The zero-order chi connectivity index (χ0) is 18.6. The second kappa shape index (κ2) is 13.0. The van der Waals surface area contributed by atoms with Crippen molar-refractivity contribution in [2.45, 2.75) is 39.5 Å². The molecular weight excluding hydrogens is 406 g/mol. The van der Waals surface area contributed by atoms with E-state index < -0.39 is 0 Å². The number of aliphatic imine (C=N–C) groups is 1. The smallest absolute Gasteiger partial charge is 0.198 e. The van der Waals surface area contributed by atoms with Crippen molar-refractivity contribution in [1.82, 2.24) is 0 Å². The number of anilines is 1. The lowest BCUT2D eigenvalue weighted by molar-refractivity contribution is 0.309. The van der Waals surface area contributed by atoms with Crippen LogP contribution in [-0.4, -0.2) is 19.2 Å². The standard InChI is InChI=1S/C21H29N3O2.BrH/c1-3-5-15-25-19-11-7-17(8-12-19)23-21(22)24-18-9-13-20(14-10-18)26-16-6-4-2;/h7-14H,3-6,15-16H2,1-2H3,(H3,22,23,24);1H. The second-order valence-electron chi connectivity index (χ2n) is 6.04. The van der Waals surface area contributed by atoms with Crippen molar-refractivity contribution in [3.63, 3.8) is 0 Å². The minimum atomic E-state index is 0. The van der Waals surface area contributed by atoms with Gasteiger partial charge in [0.1, 0.15) is 11.5 Å². The second-order valence-corrected chi connectivity index (χ2v) is 6.04. The van der Waals surface area contributed by atoms with E-state index in [1.165, 1.54) is 0 Å². The fraction of sp³-hybridized carbons (Fsp3) is 0.381. The van der Waals surface area contributed by atoms with Gasteiger partial charge in [0.2, 0.25) is 0 Å². The van der Waals surface area contributed by atoms with E-state index in [1.807, 2.05) is 48.5 Å². The zero-order valence-corrected chi connectivity index (χ0v) is 17.8. The minimum absolute atomic E-state index is 0. The maximum absolute atomic E-state index is 5.99. The lowest BCUT2D eigenvalue weighted by Gasteiger charge is -2.09. The number of ether oxygens (including phenoxy) is 2. The van der Waals surface area contributed by atoms with Gasteiger partial charge in [-0.15, -0.1) is 17.0 Å². The van der Waals surface area contributed by atoms with E-state index in [4.69, 9.17) is 15.2 Å². The average molecular weight is 436 g/mol. The Kier molecular flexibility index (Phi) is 11.0. The van der Waals surface area contributed by atoms with Gasteiger partial charge < -0.3 is 20.5 Å². The predicted octanol–water partition coefficient (Wildman–Crippen LogP) is 5.68. The van der Waals surface area contributed by atoms with Gasteiger partial charge in [0.25, 0.3) is 0 Å². The van der Waals surface area contributed by atoms with E-state index in [9.17, 15) is 0 Å². The molecule has 0 aliphatic carbocycles. The van der Waals surface area contributed by atoms with Crippen LogP contribution in [0.3, 0.4) is 0 Å². The fourth-order valence-electron chi connectivity index (χ4n) is 2.24. The summed E-state index contributed by atoms with van der Waals surface area (Å²) in [6.07, 6.45) is 4.36. The molecule has 0 heterocycles. The van der Waals surface area contributed by atoms with E-state index in [0.29, 0.717) is 5.96 Å². The van der Waals surface area contributed by atoms with Crippen LogP contribution >= 0.6 is 17.0 Å². The first kappa shape index (κ1) is 22.8. The van der Waals surface area contributed by atoms with Gasteiger partial charge in [-0.25, -0.2) is 4.99 Å². The SMILES string of the molecule is Br.CCCCOc1ccc(N=C(N)Nc2ccc(OCCCC)cc2)cc1. The number of hydrogen-bond donors (Lipinski definition) is 2. The third-order valence-corrected chi connectivity index (χ3v) is 3.75. The van der Waals surface area contributed by atoms with Crippen LogP contribution in [0.4, 0.5) is 11.4 Å². The van der Waals surface area contributed by atoms with Crippen molar-refractivity contribution < 1.29 is 9.47 Å². The summed E-state index contributed by atoms with van der Waals surface area (Å²) >= 11 is 0. The highest BCUT2D eigenvalue weighted by Crippen LogP contribution is 2.19. The van der Waals surface area contributed by atoms with E-state index in [0.717, 1.165) is 61.8 Å². The van der Waals surface area contributed by atoms with Crippen molar-refractivity contribution in [2.24, 2.45) is 10.7 Å².